The van der Waals surface area contributed by atoms with Gasteiger partial charge in [-0.15, -0.1) is 0 Å². The molecule has 0 amide bonds. The monoisotopic (exact) mass is 1660 g/mol. The van der Waals surface area contributed by atoms with Gasteiger partial charge in [0.15, 0.2) is 37.6 Å². The van der Waals surface area contributed by atoms with Gasteiger partial charge in [0.2, 0.25) is 0 Å². The third-order valence-electron chi connectivity index (χ3n) is 21.4. The molecule has 6 aliphatic rings. The molecule has 33 atom stereocenters. The van der Waals surface area contributed by atoms with Gasteiger partial charge in [0.1, 0.15) is 165 Å². The first-order chi connectivity index (χ1) is 54.0. The van der Waals surface area contributed by atoms with Crippen molar-refractivity contribution >= 4 is 19.8 Å². The molecule has 5 heterocycles. The molecule has 5 saturated heterocycles. The number of unbranched alkanes of at least 4 members (excludes halogenated alkanes) is 24. The Kier molecular flexibility index (Phi) is 45.8. The number of aliphatic hydroxyl groups is 20. The highest BCUT2D eigenvalue weighted by atomic mass is 31.2. The van der Waals surface area contributed by atoms with Crippen molar-refractivity contribution in [2.75, 3.05) is 46.2 Å². The van der Waals surface area contributed by atoms with Crippen LogP contribution >= 0.6 is 7.82 Å². The molecule has 38 nitrogen and oxygen atoms in total. The number of ether oxygens (including phenoxy) is 12. The molecule has 0 bridgehead atoms. The van der Waals surface area contributed by atoms with Crippen molar-refractivity contribution in [1.82, 2.24) is 0 Å². The minimum absolute atomic E-state index is 0.0189. The number of carbonyl (C=O) groups excluding carboxylic acids is 2. The molecular formula is C74H133O38P. The Balaban J connectivity index is 1.13. The summed E-state index contributed by atoms with van der Waals surface area (Å²) >= 11 is 0. The number of phosphoric ester groups is 1. The molecule has 6 fully saturated rings. The standard InChI is InChI=1S/C74H133O38P/c1-3-5-7-9-11-13-15-17-19-21-23-25-27-29-31-33-48(78)104-41(36-99-47(77)32-30-28-26-24-22-20-18-16-14-12-10-8-6-4-2)37-103-113(97,98)112-69-67(110-73-65(95)55(85)50(80)43(35-76)106-73)60(90)59(89)61(91)68(69)111-74-66(96)58(88)53(83)46(109-74)40-102-72-64(94)57(87)52(82)45(108-72)39-101-71-63(93)56(86)51(81)44(107-71)38-100-70-62(92)54(84)49(79)42(34-75)105-70/h17,19,41-46,49-76,79-96H,3-16,18,20-40H2,1-2H3,(H,97,98)/b19-17-/t41-,42?,43?,44?,45?,46?,49+,50-,51+,52+,53+,54?,55?,56?,57?,58?,59+,60?,61?,62+,63+,64+,65-,66+,67-,68?,69+,70-,71-,72-,73-,74+/m1/s1. The van der Waals surface area contributed by atoms with Gasteiger partial charge in [0, 0.05) is 12.8 Å². The highest BCUT2D eigenvalue weighted by Gasteiger charge is 2.59. The molecule has 21 N–H and O–H groups in total. The molecule has 662 valence electrons. The number of esters is 2. The van der Waals surface area contributed by atoms with Crippen LogP contribution < -0.4 is 0 Å². The summed E-state index contributed by atoms with van der Waals surface area (Å²) in [5.41, 5.74) is 0. The molecule has 14 unspecified atom stereocenters. The summed E-state index contributed by atoms with van der Waals surface area (Å²) in [6.07, 6.45) is -34.2. The zero-order valence-corrected chi connectivity index (χ0v) is 65.8. The van der Waals surface area contributed by atoms with E-state index in [1.54, 1.807) is 0 Å². The quantitative estimate of drug-likeness (QED) is 0.0133. The Labute approximate surface area is 659 Å². The maximum atomic E-state index is 14.5. The number of carbonyl (C=O) groups is 2. The maximum absolute atomic E-state index is 14.5. The average Bonchev–Trinajstić information content (AvgIpc) is 0.757. The first-order valence-corrected chi connectivity index (χ1v) is 42.1. The second-order valence-corrected chi connectivity index (χ2v) is 31.8. The summed E-state index contributed by atoms with van der Waals surface area (Å²) in [4.78, 5) is 38.3. The van der Waals surface area contributed by atoms with E-state index in [9.17, 15) is 121 Å². The van der Waals surface area contributed by atoms with Crippen LogP contribution in [0.2, 0.25) is 0 Å². The molecule has 1 saturated carbocycles. The van der Waals surface area contributed by atoms with E-state index in [-0.39, 0.29) is 12.8 Å². The third-order valence-corrected chi connectivity index (χ3v) is 22.3. The first-order valence-electron chi connectivity index (χ1n) is 40.6. The molecule has 6 rings (SSSR count). The lowest BCUT2D eigenvalue weighted by molar-refractivity contribution is -0.365. The number of allylic oxidation sites excluding steroid dienone is 2. The van der Waals surface area contributed by atoms with E-state index in [1.165, 1.54) is 83.5 Å². The fourth-order valence-corrected chi connectivity index (χ4v) is 15.2. The molecule has 0 aromatic heterocycles. The van der Waals surface area contributed by atoms with Crippen molar-refractivity contribution in [3.05, 3.63) is 12.2 Å². The van der Waals surface area contributed by atoms with Crippen molar-refractivity contribution in [1.29, 1.82) is 0 Å². The van der Waals surface area contributed by atoms with Gasteiger partial charge in [-0.2, -0.15) is 0 Å². The lowest BCUT2D eigenvalue weighted by Gasteiger charge is -2.49. The van der Waals surface area contributed by atoms with Crippen LogP contribution in [0.3, 0.4) is 0 Å². The van der Waals surface area contributed by atoms with Gasteiger partial charge in [-0.1, -0.05) is 161 Å². The van der Waals surface area contributed by atoms with Crippen molar-refractivity contribution in [2.24, 2.45) is 0 Å². The normalized spacial score (nSPS) is 38.0. The number of phosphoric acid groups is 1. The van der Waals surface area contributed by atoms with E-state index in [4.69, 9.17) is 65.9 Å². The number of hydrogen-bond donors (Lipinski definition) is 21. The van der Waals surface area contributed by atoms with Gasteiger partial charge in [-0.25, -0.2) is 4.57 Å². The van der Waals surface area contributed by atoms with Crippen molar-refractivity contribution in [3.8, 4) is 0 Å². The fourth-order valence-electron chi connectivity index (χ4n) is 14.2. The predicted octanol–water partition coefficient (Wildman–Crippen LogP) is -2.21. The Hall–Kier alpha value is -2.41. The van der Waals surface area contributed by atoms with Crippen LogP contribution in [0.4, 0.5) is 0 Å². The van der Waals surface area contributed by atoms with E-state index in [1.807, 2.05) is 0 Å². The van der Waals surface area contributed by atoms with E-state index < -0.39 is 262 Å². The average molecular weight is 1660 g/mol. The number of aliphatic hydroxyl groups excluding tert-OH is 20. The maximum Gasteiger partial charge on any atom is 0.472 e. The van der Waals surface area contributed by atoms with Crippen LogP contribution in [0, 0.1) is 0 Å². The summed E-state index contributed by atoms with van der Waals surface area (Å²) < 4.78 is 92.9. The lowest BCUT2D eigenvalue weighted by Crippen LogP contribution is -2.69. The van der Waals surface area contributed by atoms with Gasteiger partial charge < -0.3 is 164 Å². The molecule has 0 aromatic carbocycles. The minimum atomic E-state index is -5.86. The van der Waals surface area contributed by atoms with Gasteiger partial charge in [-0.05, 0) is 38.5 Å². The first kappa shape index (κ1) is 99.4. The highest BCUT2D eigenvalue weighted by Crippen LogP contribution is 2.49. The van der Waals surface area contributed by atoms with Crippen molar-refractivity contribution in [3.63, 3.8) is 0 Å². The lowest BCUT2D eigenvalue weighted by atomic mass is 9.84. The summed E-state index contributed by atoms with van der Waals surface area (Å²) in [6.45, 7) is -1.90. The molecular weight excluding hydrogens is 1530 g/mol. The minimum Gasteiger partial charge on any atom is -0.462 e. The Bertz CT molecular complexity index is 2660. The molecule has 1 aliphatic carbocycles. The summed E-state index contributed by atoms with van der Waals surface area (Å²) in [6, 6.07) is 0. The topological polar surface area (TPSA) is 605 Å². The molecule has 5 aliphatic heterocycles. The van der Waals surface area contributed by atoms with E-state index in [0.29, 0.717) is 19.3 Å². The van der Waals surface area contributed by atoms with Gasteiger partial charge >= 0.3 is 19.8 Å². The Morgan fingerprint density at radius 3 is 1.00 bits per heavy atom. The van der Waals surface area contributed by atoms with Gasteiger partial charge in [0.05, 0.1) is 39.6 Å². The predicted molar refractivity (Wildman–Crippen MR) is 389 cm³/mol. The summed E-state index contributed by atoms with van der Waals surface area (Å²) in [7, 11) is -5.86. The van der Waals surface area contributed by atoms with E-state index >= 15 is 0 Å². The zero-order valence-electron chi connectivity index (χ0n) is 64.9. The Morgan fingerprint density at radius 2 is 0.637 bits per heavy atom. The highest BCUT2D eigenvalue weighted by molar-refractivity contribution is 7.47. The molecule has 39 heteroatoms. The largest absolute Gasteiger partial charge is 0.472 e. The van der Waals surface area contributed by atoms with Crippen LogP contribution in [-0.2, 0) is 80.0 Å². The van der Waals surface area contributed by atoms with Crippen LogP contribution in [0.5, 0.6) is 0 Å². The Morgan fingerprint density at radius 1 is 0.345 bits per heavy atom. The molecule has 0 radical (unpaired) electrons. The molecule has 0 spiro atoms. The van der Waals surface area contributed by atoms with Crippen molar-refractivity contribution in [2.45, 2.75) is 396 Å². The van der Waals surface area contributed by atoms with Crippen molar-refractivity contribution < 1.29 is 187 Å². The second kappa shape index (κ2) is 52.0. The van der Waals surface area contributed by atoms with Crippen LogP contribution in [0.25, 0.3) is 0 Å². The number of rotatable bonds is 53. The molecule has 113 heavy (non-hydrogen) atoms. The summed E-state index contributed by atoms with van der Waals surface area (Å²) in [5.74, 6) is -1.48. The SMILES string of the molecule is CCCCCCCC/C=C\CCCCCCCC(=O)O[C@H](COC(=O)CCCCCCCCCCCCCCCC)COP(=O)(O)O[C@@H]1C(O[C@@H]2OC(CO[C@@H]3OC(CO[C@@H]4OC(CO[C@@H]5OC(CO)[C@H](O)C(O)[C@@H]5O)[C@H](O)C(O)[C@@H]4O)[C@H](O)C(O)[C@@H]3O)[C@H](O)C(O)[C@@H]2O)C(O)[C@@H](O)C(O)[C@H]1O[C@H]1OC(CO)[C@@H](O)C(O)[C@H]1O. The van der Waals surface area contributed by atoms with E-state index in [2.05, 4.69) is 26.0 Å². The smallest absolute Gasteiger partial charge is 0.462 e. The number of hydrogen-bond acceptors (Lipinski definition) is 37. The second-order valence-electron chi connectivity index (χ2n) is 30.4. The van der Waals surface area contributed by atoms with E-state index in [0.717, 1.165) is 70.6 Å². The van der Waals surface area contributed by atoms with Gasteiger partial charge in [-0.3, -0.25) is 18.6 Å². The van der Waals surface area contributed by atoms with Crippen LogP contribution in [0.1, 0.15) is 200 Å². The zero-order chi connectivity index (χ0) is 82.9. The van der Waals surface area contributed by atoms with Crippen LogP contribution in [0.15, 0.2) is 12.2 Å². The summed E-state index contributed by atoms with van der Waals surface area (Å²) in [5, 5.41) is 217. The fraction of sp³-hybridized carbons (Fsp3) is 0.946. The molecule has 0 aromatic rings. The van der Waals surface area contributed by atoms with Crippen LogP contribution in [-0.4, -0.2) is 361 Å². The third kappa shape index (κ3) is 31.2. The van der Waals surface area contributed by atoms with Gasteiger partial charge in [0.25, 0.3) is 0 Å².